The van der Waals surface area contributed by atoms with Crippen molar-refractivity contribution in [3.8, 4) is 0 Å². The average Bonchev–Trinajstić information content (AvgIpc) is 2.98. The molecule has 44 heavy (non-hydrogen) atoms. The Morgan fingerprint density at radius 2 is 0.795 bits per heavy atom. The molecule has 0 spiro atoms. The fourth-order valence-corrected chi connectivity index (χ4v) is 6.45. The quantitative estimate of drug-likeness (QED) is 0.0219. The molecule has 0 heterocycles. The van der Waals surface area contributed by atoms with E-state index in [4.69, 9.17) is 0 Å². The van der Waals surface area contributed by atoms with Gasteiger partial charge in [0.15, 0.2) is 0 Å². The summed E-state index contributed by atoms with van der Waals surface area (Å²) in [6, 6.07) is 0. The standard InChI is InChI=1S/C38H76O4S.K/c1-3-5-7-9-11-13-15-17-19-20-21-22-24-26-28-30-32-34-36-38(37-42-43(39,40)41)35-33-31-29-27-25-23-18-16-14-12-10-8-6-4-2;/h33,35,38H,3-32,34,36-37H2,1-2H3,(H,39,40,41);/q;+1/p-1/b35-33+;. The second kappa shape index (κ2) is 38.7. The van der Waals surface area contributed by atoms with Gasteiger partial charge < -0.3 is 4.55 Å². The summed E-state index contributed by atoms with van der Waals surface area (Å²) in [7, 11) is -4.62. The minimum atomic E-state index is -4.62. The largest absolute Gasteiger partial charge is 1.00 e. The molecule has 0 aromatic rings. The fraction of sp³-hybridized carbons (Fsp3) is 0.947. The molecule has 0 radical (unpaired) electrons. The van der Waals surface area contributed by atoms with Gasteiger partial charge >= 0.3 is 51.4 Å². The Labute approximate surface area is 319 Å². The smallest absolute Gasteiger partial charge is 0.726 e. The molecule has 1 unspecified atom stereocenters. The van der Waals surface area contributed by atoms with E-state index in [0.29, 0.717) is 0 Å². The van der Waals surface area contributed by atoms with Crippen LogP contribution in [0.15, 0.2) is 12.2 Å². The van der Waals surface area contributed by atoms with Crippen LogP contribution in [-0.2, 0) is 14.6 Å². The van der Waals surface area contributed by atoms with Crippen LogP contribution in [0.2, 0.25) is 0 Å². The van der Waals surface area contributed by atoms with Crippen molar-refractivity contribution in [1.82, 2.24) is 0 Å². The molecule has 4 nitrogen and oxygen atoms in total. The Balaban J connectivity index is 0. The summed E-state index contributed by atoms with van der Waals surface area (Å²) in [6.45, 7) is 4.54. The fourth-order valence-electron chi connectivity index (χ4n) is 6.11. The first kappa shape index (κ1) is 47.4. The van der Waals surface area contributed by atoms with Crippen LogP contribution < -0.4 is 51.4 Å². The van der Waals surface area contributed by atoms with Crippen molar-refractivity contribution >= 4 is 10.4 Å². The molecule has 6 heteroatoms. The van der Waals surface area contributed by atoms with Gasteiger partial charge in [-0.1, -0.05) is 212 Å². The van der Waals surface area contributed by atoms with Crippen LogP contribution in [-0.4, -0.2) is 19.6 Å². The maximum Gasteiger partial charge on any atom is 1.00 e. The van der Waals surface area contributed by atoms with E-state index in [2.05, 4.69) is 30.2 Å². The molecule has 0 bridgehead atoms. The molecule has 0 aromatic heterocycles. The molecule has 0 rings (SSSR count). The molecule has 1 atom stereocenters. The van der Waals surface area contributed by atoms with Gasteiger partial charge in [-0.15, -0.1) is 0 Å². The van der Waals surface area contributed by atoms with E-state index in [9.17, 15) is 13.0 Å². The van der Waals surface area contributed by atoms with E-state index in [1.54, 1.807) is 0 Å². The average molecular weight is 667 g/mol. The molecule has 0 aliphatic carbocycles. The van der Waals surface area contributed by atoms with Gasteiger partial charge in [-0.05, 0) is 19.3 Å². The van der Waals surface area contributed by atoms with Crippen LogP contribution in [0.3, 0.4) is 0 Å². The number of allylic oxidation sites excluding steroid dienone is 1. The topological polar surface area (TPSA) is 66.4 Å². The third kappa shape index (κ3) is 41.3. The Morgan fingerprint density at radius 3 is 1.11 bits per heavy atom. The number of unbranched alkanes of at least 4 members (excludes halogenated alkanes) is 29. The van der Waals surface area contributed by atoms with Crippen LogP contribution in [0.1, 0.15) is 219 Å². The van der Waals surface area contributed by atoms with E-state index >= 15 is 0 Å². The van der Waals surface area contributed by atoms with Gasteiger partial charge in [0.2, 0.25) is 10.4 Å². The van der Waals surface area contributed by atoms with Gasteiger partial charge in [-0.3, -0.25) is 4.18 Å². The van der Waals surface area contributed by atoms with Gasteiger partial charge in [-0.2, -0.15) is 0 Å². The van der Waals surface area contributed by atoms with E-state index < -0.39 is 10.4 Å². The number of hydrogen-bond donors (Lipinski definition) is 0. The van der Waals surface area contributed by atoms with Crippen molar-refractivity contribution in [1.29, 1.82) is 0 Å². The van der Waals surface area contributed by atoms with Crippen molar-refractivity contribution in [3.05, 3.63) is 12.2 Å². The molecule has 0 N–H and O–H groups in total. The van der Waals surface area contributed by atoms with Crippen LogP contribution >= 0.6 is 0 Å². The predicted molar refractivity (Wildman–Crippen MR) is 187 cm³/mol. The maximum atomic E-state index is 11.0. The summed E-state index contributed by atoms with van der Waals surface area (Å²) in [5.74, 6) is 0.0158. The van der Waals surface area contributed by atoms with Crippen molar-refractivity contribution in [3.63, 3.8) is 0 Å². The van der Waals surface area contributed by atoms with Gasteiger partial charge in [0, 0.05) is 5.92 Å². The van der Waals surface area contributed by atoms with Gasteiger partial charge in [0.1, 0.15) is 0 Å². The zero-order valence-electron chi connectivity index (χ0n) is 30.1. The molecule has 0 fully saturated rings. The first-order valence-corrected chi connectivity index (χ1v) is 20.6. The molecule has 0 amide bonds. The Morgan fingerprint density at radius 1 is 0.500 bits per heavy atom. The van der Waals surface area contributed by atoms with E-state index in [0.717, 1.165) is 19.3 Å². The molecular weight excluding hydrogens is 592 g/mol. The molecule has 0 aromatic carbocycles. The minimum absolute atomic E-state index is 0. The van der Waals surface area contributed by atoms with Crippen LogP contribution in [0, 0.1) is 5.92 Å². The molecule has 0 saturated carbocycles. The summed E-state index contributed by atoms with van der Waals surface area (Å²) in [4.78, 5) is 0. The van der Waals surface area contributed by atoms with Crippen molar-refractivity contribution in [2.75, 3.05) is 6.61 Å². The molecule has 0 saturated heterocycles. The number of hydrogen-bond acceptors (Lipinski definition) is 4. The van der Waals surface area contributed by atoms with Crippen molar-refractivity contribution in [2.45, 2.75) is 219 Å². The second-order valence-corrected chi connectivity index (χ2v) is 14.4. The summed E-state index contributed by atoms with van der Waals surface area (Å²) >= 11 is 0. The van der Waals surface area contributed by atoms with Gasteiger partial charge in [-0.25, -0.2) is 8.42 Å². The normalized spacial score (nSPS) is 12.6. The van der Waals surface area contributed by atoms with Crippen molar-refractivity contribution < 1.29 is 68.5 Å². The predicted octanol–water partition coefficient (Wildman–Crippen LogP) is 10.2. The second-order valence-electron chi connectivity index (χ2n) is 13.4. The van der Waals surface area contributed by atoms with Crippen LogP contribution in [0.25, 0.3) is 0 Å². The monoisotopic (exact) mass is 667 g/mol. The van der Waals surface area contributed by atoms with E-state index in [-0.39, 0.29) is 63.9 Å². The van der Waals surface area contributed by atoms with E-state index in [1.807, 2.05) is 0 Å². The third-order valence-electron chi connectivity index (χ3n) is 8.99. The van der Waals surface area contributed by atoms with Crippen LogP contribution in [0.4, 0.5) is 0 Å². The van der Waals surface area contributed by atoms with Crippen LogP contribution in [0.5, 0.6) is 0 Å². The van der Waals surface area contributed by atoms with Gasteiger partial charge in [0.05, 0.1) is 6.61 Å². The van der Waals surface area contributed by atoms with Crippen molar-refractivity contribution in [2.24, 2.45) is 5.92 Å². The zero-order chi connectivity index (χ0) is 31.5. The molecule has 258 valence electrons. The Bertz CT molecular complexity index is 668. The third-order valence-corrected chi connectivity index (χ3v) is 9.41. The SMILES string of the molecule is CCCCCCCCCCCCCC/C=C/C(CCCCCCCCCCCCCCCCCCCC)COS(=O)(=O)[O-].[K+]. The first-order valence-electron chi connectivity index (χ1n) is 19.3. The van der Waals surface area contributed by atoms with Gasteiger partial charge in [0.25, 0.3) is 0 Å². The maximum absolute atomic E-state index is 11.0. The number of rotatable bonds is 36. The Hall–Kier alpha value is 1.25. The Kier molecular flexibility index (Phi) is 41.6. The summed E-state index contributed by atoms with van der Waals surface area (Å²) < 4.78 is 37.5. The zero-order valence-corrected chi connectivity index (χ0v) is 34.0. The summed E-state index contributed by atoms with van der Waals surface area (Å²) in [6.07, 6.45) is 46.8. The molecule has 0 aliphatic heterocycles. The summed E-state index contributed by atoms with van der Waals surface area (Å²) in [5.41, 5.74) is 0. The molecule has 0 aliphatic rings. The first-order chi connectivity index (χ1) is 21.0. The summed E-state index contributed by atoms with van der Waals surface area (Å²) in [5, 5.41) is 0. The minimum Gasteiger partial charge on any atom is -0.726 e. The molecular formula is C38H75KO4S. The van der Waals surface area contributed by atoms with E-state index in [1.165, 1.54) is 186 Å².